The molecule has 0 aliphatic heterocycles. The lowest BCUT2D eigenvalue weighted by molar-refractivity contribution is 0.415. The Hall–Kier alpha value is -1.76. The number of nitrogens with two attached hydrogens (primary N) is 1. The summed E-state index contributed by atoms with van der Waals surface area (Å²) in [5.74, 6) is 1.77. The van der Waals surface area contributed by atoms with E-state index in [2.05, 4.69) is 34.6 Å². The monoisotopic (exact) mass is 409 g/mol. The van der Waals surface area contributed by atoms with Crippen molar-refractivity contribution in [3.8, 4) is 5.75 Å². The SMILES string of the molecule is COc1ccc(NC(N)=NCC2Cc3ccccc32)cc1.I. The van der Waals surface area contributed by atoms with Gasteiger partial charge in [-0.05, 0) is 41.8 Å². The number of ether oxygens (including phenoxy) is 1. The summed E-state index contributed by atoms with van der Waals surface area (Å²) in [7, 11) is 1.65. The second-order valence-electron chi connectivity index (χ2n) is 5.18. The molecule has 2 aromatic carbocycles. The maximum Gasteiger partial charge on any atom is 0.193 e. The molecule has 0 fully saturated rings. The quantitative estimate of drug-likeness (QED) is 0.463. The number of guanidine groups is 1. The summed E-state index contributed by atoms with van der Waals surface area (Å²) in [5.41, 5.74) is 9.67. The minimum Gasteiger partial charge on any atom is -0.497 e. The molecule has 0 radical (unpaired) electrons. The van der Waals surface area contributed by atoms with Crippen molar-refractivity contribution in [3.63, 3.8) is 0 Å². The van der Waals surface area contributed by atoms with Crippen molar-refractivity contribution in [3.05, 3.63) is 59.7 Å². The van der Waals surface area contributed by atoms with E-state index in [0.29, 0.717) is 11.9 Å². The van der Waals surface area contributed by atoms with Crippen molar-refractivity contribution < 1.29 is 4.74 Å². The smallest absolute Gasteiger partial charge is 0.193 e. The van der Waals surface area contributed by atoms with Gasteiger partial charge in [-0.15, -0.1) is 24.0 Å². The third-order valence-corrected chi connectivity index (χ3v) is 3.81. The number of benzene rings is 2. The number of methoxy groups -OCH3 is 1. The lowest BCUT2D eigenvalue weighted by atomic mass is 9.78. The first-order valence-electron chi connectivity index (χ1n) is 7.05. The molecule has 1 aliphatic rings. The predicted molar refractivity (Wildman–Crippen MR) is 101 cm³/mol. The maximum absolute atomic E-state index is 5.93. The molecular weight excluding hydrogens is 389 g/mol. The van der Waals surface area contributed by atoms with Crippen molar-refractivity contribution in [2.24, 2.45) is 10.7 Å². The Morgan fingerprint density at radius 3 is 2.64 bits per heavy atom. The van der Waals surface area contributed by atoms with Crippen molar-refractivity contribution in [1.82, 2.24) is 0 Å². The standard InChI is InChI=1S/C17H19N3O.HI/c1-21-15-8-6-14(7-9-15)20-17(18)19-11-13-10-12-4-2-3-5-16(12)13;/h2-9,13H,10-11H2,1H3,(H3,18,19,20);1H. The molecule has 5 heteroatoms. The van der Waals surface area contributed by atoms with E-state index in [0.717, 1.165) is 24.4 Å². The molecule has 2 aromatic rings. The minimum absolute atomic E-state index is 0. The first-order valence-corrected chi connectivity index (χ1v) is 7.05. The number of hydrogen-bond acceptors (Lipinski definition) is 2. The summed E-state index contributed by atoms with van der Waals surface area (Å²) in [6.07, 6.45) is 1.09. The van der Waals surface area contributed by atoms with Gasteiger partial charge in [0.25, 0.3) is 0 Å². The molecule has 116 valence electrons. The van der Waals surface area contributed by atoms with Crippen LogP contribution in [-0.4, -0.2) is 19.6 Å². The molecule has 0 aromatic heterocycles. The van der Waals surface area contributed by atoms with Gasteiger partial charge in [0.2, 0.25) is 0 Å². The Kier molecular flexibility index (Phi) is 5.65. The molecule has 0 amide bonds. The second kappa shape index (κ2) is 7.49. The van der Waals surface area contributed by atoms with E-state index in [4.69, 9.17) is 10.5 Å². The molecule has 0 bridgehead atoms. The zero-order chi connectivity index (χ0) is 14.7. The fraction of sp³-hybridized carbons (Fsp3) is 0.235. The number of nitrogens with zero attached hydrogens (tertiary/aromatic N) is 1. The zero-order valence-electron chi connectivity index (χ0n) is 12.5. The molecule has 1 atom stereocenters. The van der Waals surface area contributed by atoms with E-state index < -0.39 is 0 Å². The number of aliphatic imine (C=N–C) groups is 1. The highest BCUT2D eigenvalue weighted by molar-refractivity contribution is 14.0. The third-order valence-electron chi connectivity index (χ3n) is 3.81. The van der Waals surface area contributed by atoms with Crippen molar-refractivity contribution in [2.45, 2.75) is 12.3 Å². The Labute approximate surface area is 147 Å². The van der Waals surface area contributed by atoms with Crippen LogP contribution in [0.15, 0.2) is 53.5 Å². The van der Waals surface area contributed by atoms with Gasteiger partial charge in [0.15, 0.2) is 5.96 Å². The molecular formula is C17H20IN3O. The third kappa shape index (κ3) is 3.71. The van der Waals surface area contributed by atoms with Gasteiger partial charge in [0.1, 0.15) is 5.75 Å². The van der Waals surface area contributed by atoms with Crippen LogP contribution in [0.3, 0.4) is 0 Å². The lowest BCUT2D eigenvalue weighted by Crippen LogP contribution is -2.26. The van der Waals surface area contributed by atoms with Crippen LogP contribution in [0, 0.1) is 0 Å². The maximum atomic E-state index is 5.93. The fourth-order valence-electron chi connectivity index (χ4n) is 2.60. The average molecular weight is 409 g/mol. The number of hydrogen-bond donors (Lipinski definition) is 2. The Bertz CT molecular complexity index is 655. The minimum atomic E-state index is 0. The molecule has 0 spiro atoms. The van der Waals surface area contributed by atoms with Crippen LogP contribution in [0.4, 0.5) is 5.69 Å². The van der Waals surface area contributed by atoms with Gasteiger partial charge < -0.3 is 15.8 Å². The largest absolute Gasteiger partial charge is 0.497 e. The van der Waals surface area contributed by atoms with E-state index in [1.165, 1.54) is 11.1 Å². The highest BCUT2D eigenvalue weighted by Gasteiger charge is 2.24. The van der Waals surface area contributed by atoms with E-state index in [1.807, 2.05) is 24.3 Å². The van der Waals surface area contributed by atoms with Gasteiger partial charge in [-0.1, -0.05) is 24.3 Å². The number of halogens is 1. The van der Waals surface area contributed by atoms with Gasteiger partial charge in [0, 0.05) is 18.2 Å². The number of fused-ring (bicyclic) bond motifs is 1. The van der Waals surface area contributed by atoms with Crippen LogP contribution in [0.1, 0.15) is 17.0 Å². The summed E-state index contributed by atoms with van der Waals surface area (Å²) < 4.78 is 5.12. The van der Waals surface area contributed by atoms with Gasteiger partial charge in [-0.2, -0.15) is 0 Å². The van der Waals surface area contributed by atoms with Crippen LogP contribution in [0.2, 0.25) is 0 Å². The molecule has 0 heterocycles. The van der Waals surface area contributed by atoms with E-state index in [-0.39, 0.29) is 24.0 Å². The highest BCUT2D eigenvalue weighted by Crippen LogP contribution is 2.34. The lowest BCUT2D eigenvalue weighted by Gasteiger charge is -2.28. The first-order chi connectivity index (χ1) is 10.3. The summed E-state index contributed by atoms with van der Waals surface area (Å²) in [6.45, 7) is 0.728. The van der Waals surface area contributed by atoms with Gasteiger partial charge in [-0.3, -0.25) is 4.99 Å². The zero-order valence-corrected chi connectivity index (χ0v) is 14.8. The van der Waals surface area contributed by atoms with E-state index in [1.54, 1.807) is 7.11 Å². The summed E-state index contributed by atoms with van der Waals surface area (Å²) in [5, 5.41) is 3.09. The van der Waals surface area contributed by atoms with Crippen LogP contribution in [0.5, 0.6) is 5.75 Å². The predicted octanol–water partition coefficient (Wildman–Crippen LogP) is 3.38. The summed E-state index contributed by atoms with van der Waals surface area (Å²) in [6, 6.07) is 16.1. The Morgan fingerprint density at radius 1 is 1.23 bits per heavy atom. The normalized spacial score (nSPS) is 16.0. The van der Waals surface area contributed by atoms with Gasteiger partial charge >= 0.3 is 0 Å². The van der Waals surface area contributed by atoms with Crippen molar-refractivity contribution >= 4 is 35.6 Å². The molecule has 3 N–H and O–H groups in total. The highest BCUT2D eigenvalue weighted by atomic mass is 127. The molecule has 4 nitrogen and oxygen atoms in total. The number of rotatable bonds is 4. The second-order valence-corrected chi connectivity index (χ2v) is 5.18. The first kappa shape index (κ1) is 16.6. The van der Waals surface area contributed by atoms with Crippen molar-refractivity contribution in [2.75, 3.05) is 19.0 Å². The molecule has 0 saturated heterocycles. The van der Waals surface area contributed by atoms with Crippen molar-refractivity contribution in [1.29, 1.82) is 0 Å². The van der Waals surface area contributed by atoms with Gasteiger partial charge in [0.05, 0.1) is 7.11 Å². The topological polar surface area (TPSA) is 59.6 Å². The average Bonchev–Trinajstić information content (AvgIpc) is 2.49. The van der Waals surface area contributed by atoms with Crippen LogP contribution < -0.4 is 15.8 Å². The van der Waals surface area contributed by atoms with E-state index >= 15 is 0 Å². The summed E-state index contributed by atoms with van der Waals surface area (Å²) in [4.78, 5) is 4.43. The molecule has 0 saturated carbocycles. The van der Waals surface area contributed by atoms with E-state index in [9.17, 15) is 0 Å². The number of nitrogens with one attached hydrogen (secondary N) is 1. The van der Waals surface area contributed by atoms with Crippen LogP contribution in [0.25, 0.3) is 0 Å². The Morgan fingerprint density at radius 2 is 1.95 bits per heavy atom. The molecule has 1 aliphatic carbocycles. The van der Waals surface area contributed by atoms with Crippen LogP contribution >= 0.6 is 24.0 Å². The summed E-state index contributed by atoms with van der Waals surface area (Å²) >= 11 is 0. The number of anilines is 1. The van der Waals surface area contributed by atoms with Gasteiger partial charge in [-0.25, -0.2) is 0 Å². The fourth-order valence-corrected chi connectivity index (χ4v) is 2.60. The molecule has 1 unspecified atom stereocenters. The van der Waals surface area contributed by atoms with Crippen LogP contribution in [-0.2, 0) is 6.42 Å². The molecule has 22 heavy (non-hydrogen) atoms. The molecule has 3 rings (SSSR count). The Balaban J connectivity index is 0.00000176.